The number of benzene rings is 1. The van der Waals surface area contributed by atoms with Crippen molar-refractivity contribution in [3.63, 3.8) is 0 Å². The molecule has 1 aromatic carbocycles. The summed E-state index contributed by atoms with van der Waals surface area (Å²) in [5, 5.41) is 7.36. The lowest BCUT2D eigenvalue weighted by Gasteiger charge is -2.09. The Morgan fingerprint density at radius 1 is 1.33 bits per heavy atom. The van der Waals surface area contributed by atoms with E-state index >= 15 is 0 Å². The van der Waals surface area contributed by atoms with Crippen LogP contribution in [0.2, 0.25) is 0 Å². The van der Waals surface area contributed by atoms with Crippen LogP contribution in [0.25, 0.3) is 0 Å². The van der Waals surface area contributed by atoms with E-state index in [1.54, 1.807) is 6.20 Å². The standard InChI is InChI=1S/C16H22FN3O/c1-3-6-18-12-13-9-14(17)11-16(10-13)21-8-5-15-4-7-19-20(15)2/h4,7,9-11,18H,3,5-6,8,12H2,1-2H3. The van der Waals surface area contributed by atoms with Crippen LogP contribution in [0.4, 0.5) is 4.39 Å². The van der Waals surface area contributed by atoms with E-state index in [0.717, 1.165) is 30.6 Å². The van der Waals surface area contributed by atoms with Gasteiger partial charge in [0.05, 0.1) is 6.61 Å². The molecule has 0 fully saturated rings. The summed E-state index contributed by atoms with van der Waals surface area (Å²) in [6, 6.07) is 6.80. The highest BCUT2D eigenvalue weighted by Gasteiger charge is 2.03. The lowest BCUT2D eigenvalue weighted by atomic mass is 10.2. The number of aryl methyl sites for hydroxylation is 1. The van der Waals surface area contributed by atoms with Crippen LogP contribution in [-0.4, -0.2) is 22.9 Å². The Hall–Kier alpha value is -1.88. The second-order valence-electron chi connectivity index (χ2n) is 5.02. The fourth-order valence-corrected chi connectivity index (χ4v) is 2.14. The minimum atomic E-state index is -0.263. The van der Waals surface area contributed by atoms with Crippen LogP contribution < -0.4 is 10.1 Å². The first-order valence-corrected chi connectivity index (χ1v) is 7.29. The molecule has 0 saturated heterocycles. The number of nitrogens with one attached hydrogen (secondary N) is 1. The highest BCUT2D eigenvalue weighted by atomic mass is 19.1. The van der Waals surface area contributed by atoms with Gasteiger partial charge in [0.15, 0.2) is 0 Å². The van der Waals surface area contributed by atoms with Gasteiger partial charge >= 0.3 is 0 Å². The molecule has 114 valence electrons. The van der Waals surface area contributed by atoms with E-state index in [0.29, 0.717) is 18.9 Å². The summed E-state index contributed by atoms with van der Waals surface area (Å²) in [7, 11) is 1.90. The minimum absolute atomic E-state index is 0.263. The second kappa shape index (κ2) is 7.78. The molecule has 0 bridgehead atoms. The molecule has 2 rings (SSSR count). The van der Waals surface area contributed by atoms with Crippen molar-refractivity contribution >= 4 is 0 Å². The highest BCUT2D eigenvalue weighted by molar-refractivity contribution is 5.29. The van der Waals surface area contributed by atoms with E-state index in [2.05, 4.69) is 17.3 Å². The van der Waals surface area contributed by atoms with E-state index in [9.17, 15) is 4.39 Å². The van der Waals surface area contributed by atoms with E-state index in [1.807, 2.05) is 23.9 Å². The second-order valence-corrected chi connectivity index (χ2v) is 5.02. The molecule has 1 aromatic heterocycles. The summed E-state index contributed by atoms with van der Waals surface area (Å²) in [6.07, 6.45) is 3.56. The SMILES string of the molecule is CCCNCc1cc(F)cc(OCCc2ccnn2C)c1. The normalized spacial score (nSPS) is 10.8. The van der Waals surface area contributed by atoms with Crippen LogP contribution in [0.5, 0.6) is 5.75 Å². The first kappa shape index (κ1) is 15.5. The topological polar surface area (TPSA) is 39.1 Å². The number of rotatable bonds is 8. The Kier molecular flexibility index (Phi) is 5.75. The summed E-state index contributed by atoms with van der Waals surface area (Å²) >= 11 is 0. The van der Waals surface area contributed by atoms with Crippen molar-refractivity contribution in [2.45, 2.75) is 26.3 Å². The lowest BCUT2D eigenvalue weighted by molar-refractivity contribution is 0.316. The molecular weight excluding hydrogens is 269 g/mol. The molecule has 0 unspecified atom stereocenters. The van der Waals surface area contributed by atoms with Crippen molar-refractivity contribution in [3.8, 4) is 5.75 Å². The zero-order valence-corrected chi connectivity index (χ0v) is 12.6. The number of aromatic nitrogens is 2. The average molecular weight is 291 g/mol. The van der Waals surface area contributed by atoms with Crippen LogP contribution in [0.15, 0.2) is 30.5 Å². The molecule has 0 atom stereocenters. The third-order valence-corrected chi connectivity index (χ3v) is 3.24. The van der Waals surface area contributed by atoms with Crippen molar-refractivity contribution in [2.75, 3.05) is 13.2 Å². The van der Waals surface area contributed by atoms with Crippen LogP contribution in [0, 0.1) is 5.82 Å². The average Bonchev–Trinajstić information content (AvgIpc) is 2.84. The van der Waals surface area contributed by atoms with Gasteiger partial charge in [-0.25, -0.2) is 4.39 Å². The van der Waals surface area contributed by atoms with Crippen LogP contribution >= 0.6 is 0 Å². The predicted octanol–water partition coefficient (Wildman–Crippen LogP) is 2.68. The van der Waals surface area contributed by atoms with Gasteiger partial charge in [0.25, 0.3) is 0 Å². The van der Waals surface area contributed by atoms with Gasteiger partial charge in [0.1, 0.15) is 11.6 Å². The number of halogens is 1. The van der Waals surface area contributed by atoms with E-state index < -0.39 is 0 Å². The minimum Gasteiger partial charge on any atom is -0.493 e. The molecule has 1 N–H and O–H groups in total. The molecule has 21 heavy (non-hydrogen) atoms. The van der Waals surface area contributed by atoms with Gasteiger partial charge in [-0.2, -0.15) is 5.10 Å². The number of hydrogen-bond donors (Lipinski definition) is 1. The maximum absolute atomic E-state index is 13.6. The molecule has 0 aliphatic rings. The largest absolute Gasteiger partial charge is 0.493 e. The highest BCUT2D eigenvalue weighted by Crippen LogP contribution is 2.17. The van der Waals surface area contributed by atoms with Crippen molar-refractivity contribution in [2.24, 2.45) is 7.05 Å². The Morgan fingerprint density at radius 2 is 2.19 bits per heavy atom. The molecule has 2 aromatic rings. The summed E-state index contributed by atoms with van der Waals surface area (Å²) in [4.78, 5) is 0. The molecule has 0 aliphatic carbocycles. The van der Waals surface area contributed by atoms with Crippen molar-refractivity contribution in [1.82, 2.24) is 15.1 Å². The van der Waals surface area contributed by atoms with E-state index in [4.69, 9.17) is 4.74 Å². The fourth-order valence-electron chi connectivity index (χ4n) is 2.14. The van der Waals surface area contributed by atoms with Gasteiger partial charge in [0, 0.05) is 38.0 Å². The van der Waals surface area contributed by atoms with Gasteiger partial charge in [-0.15, -0.1) is 0 Å². The summed E-state index contributed by atoms with van der Waals surface area (Å²) in [5.41, 5.74) is 2.00. The zero-order chi connectivity index (χ0) is 15.1. The third-order valence-electron chi connectivity index (χ3n) is 3.24. The summed E-state index contributed by atoms with van der Waals surface area (Å²) in [6.45, 7) is 4.19. The van der Waals surface area contributed by atoms with E-state index in [1.165, 1.54) is 12.1 Å². The molecular formula is C16H22FN3O. The first-order valence-electron chi connectivity index (χ1n) is 7.29. The van der Waals surface area contributed by atoms with Gasteiger partial charge in [0.2, 0.25) is 0 Å². The molecule has 0 aliphatic heterocycles. The third kappa shape index (κ3) is 4.86. The predicted molar refractivity (Wildman–Crippen MR) is 80.8 cm³/mol. The van der Waals surface area contributed by atoms with Gasteiger partial charge < -0.3 is 10.1 Å². The molecule has 0 saturated carbocycles. The maximum atomic E-state index is 13.6. The Labute approximate surface area is 124 Å². The Bertz CT molecular complexity index is 568. The van der Waals surface area contributed by atoms with E-state index in [-0.39, 0.29) is 5.82 Å². The molecule has 5 heteroatoms. The lowest BCUT2D eigenvalue weighted by Crippen LogP contribution is -2.14. The van der Waals surface area contributed by atoms with Gasteiger partial charge in [-0.1, -0.05) is 6.92 Å². The number of hydrogen-bond acceptors (Lipinski definition) is 3. The molecule has 0 amide bonds. The number of nitrogens with zero attached hydrogens (tertiary/aromatic N) is 2. The fraction of sp³-hybridized carbons (Fsp3) is 0.438. The number of ether oxygens (including phenoxy) is 1. The molecule has 1 heterocycles. The van der Waals surface area contributed by atoms with Crippen molar-refractivity contribution in [3.05, 3.63) is 47.5 Å². The van der Waals surface area contributed by atoms with Crippen LogP contribution in [0.1, 0.15) is 24.6 Å². The zero-order valence-electron chi connectivity index (χ0n) is 12.6. The van der Waals surface area contributed by atoms with Crippen LogP contribution in [-0.2, 0) is 20.0 Å². The first-order chi connectivity index (χ1) is 10.2. The summed E-state index contributed by atoms with van der Waals surface area (Å²) in [5.74, 6) is 0.312. The van der Waals surface area contributed by atoms with Crippen molar-refractivity contribution < 1.29 is 9.13 Å². The molecule has 0 radical (unpaired) electrons. The Balaban J connectivity index is 1.88. The van der Waals surface area contributed by atoms with Gasteiger partial charge in [-0.3, -0.25) is 4.68 Å². The van der Waals surface area contributed by atoms with Crippen LogP contribution in [0.3, 0.4) is 0 Å². The molecule has 0 spiro atoms. The molecule has 4 nitrogen and oxygen atoms in total. The summed E-state index contributed by atoms with van der Waals surface area (Å²) < 4.78 is 21.0. The van der Waals surface area contributed by atoms with Gasteiger partial charge in [-0.05, 0) is 36.7 Å². The smallest absolute Gasteiger partial charge is 0.127 e. The Morgan fingerprint density at radius 3 is 2.90 bits per heavy atom. The monoisotopic (exact) mass is 291 g/mol. The quantitative estimate of drug-likeness (QED) is 0.760. The maximum Gasteiger partial charge on any atom is 0.127 e. The van der Waals surface area contributed by atoms with Crippen molar-refractivity contribution in [1.29, 1.82) is 0 Å².